The van der Waals surface area contributed by atoms with E-state index in [1.54, 1.807) is 23.9 Å². The molecule has 8 nitrogen and oxygen atoms in total. The van der Waals surface area contributed by atoms with Gasteiger partial charge in [-0.25, -0.2) is 9.50 Å². The van der Waals surface area contributed by atoms with Crippen molar-refractivity contribution in [2.75, 3.05) is 7.11 Å². The number of fused-ring (bicyclic) bond motifs is 1. The maximum absolute atomic E-state index is 12.5. The third-order valence-electron chi connectivity index (χ3n) is 4.03. The van der Waals surface area contributed by atoms with Gasteiger partial charge in [0.15, 0.2) is 11.5 Å². The fourth-order valence-corrected chi connectivity index (χ4v) is 2.65. The van der Waals surface area contributed by atoms with Gasteiger partial charge in [0.25, 0.3) is 11.7 Å². The Labute approximate surface area is 157 Å². The third-order valence-corrected chi connectivity index (χ3v) is 4.03. The number of carbonyl (C=O) groups excluding carboxylic acids is 1. The molecule has 3 rings (SSSR count). The van der Waals surface area contributed by atoms with Crippen LogP contribution >= 0.6 is 0 Å². The molecule has 142 valence electrons. The van der Waals surface area contributed by atoms with E-state index in [4.69, 9.17) is 9.47 Å². The molecule has 0 aliphatic heterocycles. The lowest BCUT2D eigenvalue weighted by Crippen LogP contribution is -2.27. The normalized spacial score (nSPS) is 12.2. The van der Waals surface area contributed by atoms with E-state index in [-0.39, 0.29) is 23.9 Å². The van der Waals surface area contributed by atoms with Crippen LogP contribution in [-0.2, 0) is 0 Å². The fourth-order valence-electron chi connectivity index (χ4n) is 2.65. The van der Waals surface area contributed by atoms with Gasteiger partial charge in [-0.15, -0.1) is 5.10 Å². The summed E-state index contributed by atoms with van der Waals surface area (Å²) in [6.45, 7) is 7.67. The molecule has 27 heavy (non-hydrogen) atoms. The van der Waals surface area contributed by atoms with Crippen molar-refractivity contribution in [1.82, 2.24) is 24.9 Å². The van der Waals surface area contributed by atoms with E-state index in [9.17, 15) is 4.79 Å². The van der Waals surface area contributed by atoms with E-state index >= 15 is 0 Å². The van der Waals surface area contributed by atoms with Gasteiger partial charge in [0.2, 0.25) is 5.82 Å². The van der Waals surface area contributed by atoms with Gasteiger partial charge in [-0.05, 0) is 51.5 Å². The second kappa shape index (κ2) is 7.61. The van der Waals surface area contributed by atoms with Crippen molar-refractivity contribution in [3.8, 4) is 11.5 Å². The predicted octanol–water partition coefficient (Wildman–Crippen LogP) is 2.72. The van der Waals surface area contributed by atoms with E-state index in [1.165, 1.54) is 0 Å². The molecule has 0 spiro atoms. The summed E-state index contributed by atoms with van der Waals surface area (Å²) in [5.41, 5.74) is 1.74. The summed E-state index contributed by atoms with van der Waals surface area (Å²) in [6, 6.07) is 7.13. The van der Waals surface area contributed by atoms with Crippen LogP contribution < -0.4 is 14.8 Å². The lowest BCUT2D eigenvalue weighted by molar-refractivity contribution is 0.0929. The Morgan fingerprint density at radius 1 is 1.19 bits per heavy atom. The minimum absolute atomic E-state index is 0.0417. The Morgan fingerprint density at radius 3 is 2.63 bits per heavy atom. The van der Waals surface area contributed by atoms with E-state index in [0.717, 1.165) is 11.3 Å². The van der Waals surface area contributed by atoms with E-state index in [0.29, 0.717) is 17.3 Å². The largest absolute Gasteiger partial charge is 0.493 e. The molecule has 1 N–H and O–H groups in total. The average Bonchev–Trinajstić information content (AvgIpc) is 3.07. The van der Waals surface area contributed by atoms with Gasteiger partial charge in [0, 0.05) is 11.9 Å². The lowest BCUT2D eigenvalue weighted by Gasteiger charge is -2.17. The molecule has 1 atom stereocenters. The Balaban J connectivity index is 1.78. The molecule has 0 bridgehead atoms. The first-order valence-electron chi connectivity index (χ1n) is 8.73. The molecule has 0 aliphatic rings. The zero-order valence-electron chi connectivity index (χ0n) is 16.1. The molecule has 8 heteroatoms. The molecule has 0 saturated carbocycles. The van der Waals surface area contributed by atoms with Gasteiger partial charge < -0.3 is 14.8 Å². The highest BCUT2D eigenvalue weighted by Gasteiger charge is 2.18. The number of ether oxygens (including phenoxy) is 2. The lowest BCUT2D eigenvalue weighted by atomic mass is 10.1. The molecular formula is C19H23N5O3. The summed E-state index contributed by atoms with van der Waals surface area (Å²) < 4.78 is 12.7. The van der Waals surface area contributed by atoms with Gasteiger partial charge in [-0.3, -0.25) is 4.79 Å². The minimum atomic E-state index is -0.367. The minimum Gasteiger partial charge on any atom is -0.493 e. The maximum Gasteiger partial charge on any atom is 0.291 e. The summed E-state index contributed by atoms with van der Waals surface area (Å²) >= 11 is 0. The van der Waals surface area contributed by atoms with Crippen LogP contribution in [0.3, 0.4) is 0 Å². The number of nitrogens with one attached hydrogen (secondary N) is 1. The molecule has 1 amide bonds. The number of rotatable bonds is 6. The van der Waals surface area contributed by atoms with Crippen LogP contribution in [0.2, 0.25) is 0 Å². The second-order valence-electron chi connectivity index (χ2n) is 6.51. The number of benzene rings is 1. The summed E-state index contributed by atoms with van der Waals surface area (Å²) in [6.07, 6.45) is 1.68. The summed E-state index contributed by atoms with van der Waals surface area (Å²) in [5.74, 6) is 1.39. The highest BCUT2D eigenvalue weighted by atomic mass is 16.5. The van der Waals surface area contributed by atoms with Crippen LogP contribution in [-0.4, -0.2) is 38.7 Å². The van der Waals surface area contributed by atoms with Gasteiger partial charge in [-0.2, -0.15) is 4.98 Å². The standard InChI is InChI=1S/C19H23N5O3/c1-11(2)27-15-7-6-14(10-16(15)26-5)13(4)21-18(25)17-22-19-20-9-8-12(3)24(19)23-17/h6-11,13H,1-5H3,(H,21,25). The van der Waals surface area contributed by atoms with Crippen molar-refractivity contribution in [2.24, 2.45) is 0 Å². The van der Waals surface area contributed by atoms with E-state index < -0.39 is 0 Å². The smallest absolute Gasteiger partial charge is 0.291 e. The summed E-state index contributed by atoms with van der Waals surface area (Å²) in [4.78, 5) is 20.8. The number of aryl methyl sites for hydroxylation is 1. The Kier molecular flexibility index (Phi) is 5.25. The third kappa shape index (κ3) is 3.99. The van der Waals surface area contributed by atoms with Gasteiger partial charge in [0.1, 0.15) is 0 Å². The van der Waals surface area contributed by atoms with E-state index in [2.05, 4.69) is 20.4 Å². The van der Waals surface area contributed by atoms with Crippen molar-refractivity contribution >= 4 is 11.7 Å². The zero-order chi connectivity index (χ0) is 19.6. The SMILES string of the molecule is COc1cc(C(C)NC(=O)c2nc3nccc(C)n3n2)ccc1OC(C)C. The van der Waals surface area contributed by atoms with Crippen LogP contribution in [0.4, 0.5) is 0 Å². The Hall–Kier alpha value is -3.16. The van der Waals surface area contributed by atoms with Crippen LogP contribution in [0.25, 0.3) is 5.78 Å². The predicted molar refractivity (Wildman–Crippen MR) is 100 cm³/mol. The number of amides is 1. The first kappa shape index (κ1) is 18.6. The number of aromatic nitrogens is 4. The van der Waals surface area contributed by atoms with Gasteiger partial charge in [-0.1, -0.05) is 6.07 Å². The molecule has 0 aliphatic carbocycles. The number of nitrogens with zero attached hydrogens (tertiary/aromatic N) is 4. The Morgan fingerprint density at radius 2 is 1.96 bits per heavy atom. The number of hydrogen-bond donors (Lipinski definition) is 1. The fraction of sp³-hybridized carbons (Fsp3) is 0.368. The maximum atomic E-state index is 12.5. The van der Waals surface area contributed by atoms with Gasteiger partial charge >= 0.3 is 0 Å². The molecule has 1 aromatic carbocycles. The molecule has 3 aromatic rings. The van der Waals surface area contributed by atoms with Crippen molar-refractivity contribution in [2.45, 2.75) is 39.8 Å². The first-order valence-corrected chi connectivity index (χ1v) is 8.73. The van der Waals surface area contributed by atoms with Crippen molar-refractivity contribution in [1.29, 1.82) is 0 Å². The summed E-state index contributed by atoms with van der Waals surface area (Å²) in [7, 11) is 1.59. The molecule has 2 heterocycles. The van der Waals surface area contributed by atoms with Crippen LogP contribution in [0, 0.1) is 6.92 Å². The van der Waals surface area contributed by atoms with Crippen LogP contribution in [0.15, 0.2) is 30.5 Å². The molecule has 2 aromatic heterocycles. The van der Waals surface area contributed by atoms with E-state index in [1.807, 2.05) is 45.9 Å². The Bertz CT molecular complexity index is 967. The molecule has 0 radical (unpaired) electrons. The van der Waals surface area contributed by atoms with Crippen LogP contribution in [0.5, 0.6) is 11.5 Å². The van der Waals surface area contributed by atoms with Crippen molar-refractivity contribution in [3.63, 3.8) is 0 Å². The molecular weight excluding hydrogens is 346 g/mol. The van der Waals surface area contributed by atoms with Crippen molar-refractivity contribution in [3.05, 3.63) is 47.5 Å². The number of methoxy groups -OCH3 is 1. The van der Waals surface area contributed by atoms with Crippen molar-refractivity contribution < 1.29 is 14.3 Å². The molecule has 0 fully saturated rings. The molecule has 0 saturated heterocycles. The van der Waals surface area contributed by atoms with Crippen LogP contribution in [0.1, 0.15) is 48.7 Å². The number of hydrogen-bond acceptors (Lipinski definition) is 6. The highest BCUT2D eigenvalue weighted by molar-refractivity contribution is 5.91. The molecule has 1 unspecified atom stereocenters. The monoisotopic (exact) mass is 369 g/mol. The average molecular weight is 369 g/mol. The zero-order valence-corrected chi connectivity index (χ0v) is 16.1. The topological polar surface area (TPSA) is 90.6 Å². The highest BCUT2D eigenvalue weighted by Crippen LogP contribution is 2.31. The second-order valence-corrected chi connectivity index (χ2v) is 6.51. The number of carbonyl (C=O) groups is 1. The quantitative estimate of drug-likeness (QED) is 0.718. The van der Waals surface area contributed by atoms with Gasteiger partial charge in [0.05, 0.1) is 19.3 Å². The summed E-state index contributed by atoms with van der Waals surface area (Å²) in [5, 5.41) is 7.13. The first-order chi connectivity index (χ1) is 12.9.